The van der Waals surface area contributed by atoms with Crippen LogP contribution in [0, 0.1) is 5.41 Å². The standard InChI is InChI=1S/C14H20N2O4S/c1-14(2,3)13(20)15-7-6-11(17)16-8-9-4-5-10(21-9)12(18)19/h4-5H,6-8H2,1-3H3,(H,15,20)(H,16,17)(H,18,19). The van der Waals surface area contributed by atoms with Crippen molar-refractivity contribution in [2.75, 3.05) is 6.54 Å². The summed E-state index contributed by atoms with van der Waals surface area (Å²) in [6.07, 6.45) is 0.193. The third kappa shape index (κ3) is 5.95. The van der Waals surface area contributed by atoms with E-state index in [9.17, 15) is 14.4 Å². The number of amides is 2. The third-order valence-corrected chi connectivity index (χ3v) is 3.72. The van der Waals surface area contributed by atoms with E-state index >= 15 is 0 Å². The Morgan fingerprint density at radius 3 is 2.38 bits per heavy atom. The second-order valence-electron chi connectivity index (χ2n) is 5.60. The van der Waals surface area contributed by atoms with E-state index in [4.69, 9.17) is 5.11 Å². The number of carboxylic acids is 1. The van der Waals surface area contributed by atoms with E-state index in [1.807, 2.05) is 0 Å². The van der Waals surface area contributed by atoms with Gasteiger partial charge in [-0.05, 0) is 12.1 Å². The average Bonchev–Trinajstić information content (AvgIpc) is 2.84. The van der Waals surface area contributed by atoms with Crippen molar-refractivity contribution in [2.45, 2.75) is 33.7 Å². The molecule has 0 aliphatic carbocycles. The molecule has 1 rings (SSSR count). The minimum atomic E-state index is -0.970. The molecule has 0 saturated carbocycles. The maximum Gasteiger partial charge on any atom is 0.345 e. The molecule has 1 heterocycles. The highest BCUT2D eigenvalue weighted by Gasteiger charge is 2.20. The van der Waals surface area contributed by atoms with Gasteiger partial charge < -0.3 is 15.7 Å². The zero-order valence-electron chi connectivity index (χ0n) is 12.4. The second-order valence-corrected chi connectivity index (χ2v) is 6.77. The predicted octanol–water partition coefficient (Wildman–Crippen LogP) is 1.61. The van der Waals surface area contributed by atoms with Crippen LogP contribution in [0.15, 0.2) is 12.1 Å². The van der Waals surface area contributed by atoms with Crippen LogP contribution in [0.2, 0.25) is 0 Å². The Morgan fingerprint density at radius 2 is 1.86 bits per heavy atom. The summed E-state index contributed by atoms with van der Waals surface area (Å²) in [5, 5.41) is 14.2. The number of thiophene rings is 1. The molecule has 116 valence electrons. The van der Waals surface area contributed by atoms with Gasteiger partial charge in [-0.15, -0.1) is 11.3 Å². The molecule has 0 unspecified atom stereocenters. The molecule has 0 bridgehead atoms. The largest absolute Gasteiger partial charge is 0.477 e. The summed E-state index contributed by atoms with van der Waals surface area (Å²) in [5.41, 5.74) is -0.472. The average molecular weight is 312 g/mol. The molecule has 21 heavy (non-hydrogen) atoms. The SMILES string of the molecule is CC(C)(C)C(=O)NCCC(=O)NCc1ccc(C(=O)O)s1. The quantitative estimate of drug-likeness (QED) is 0.743. The van der Waals surface area contributed by atoms with Crippen molar-refractivity contribution in [3.63, 3.8) is 0 Å². The number of hydrogen-bond donors (Lipinski definition) is 3. The van der Waals surface area contributed by atoms with Crippen LogP contribution in [-0.4, -0.2) is 29.4 Å². The maximum atomic E-state index is 11.6. The molecule has 0 aliphatic heterocycles. The fourth-order valence-electron chi connectivity index (χ4n) is 1.42. The summed E-state index contributed by atoms with van der Waals surface area (Å²) in [7, 11) is 0. The van der Waals surface area contributed by atoms with Crippen molar-refractivity contribution < 1.29 is 19.5 Å². The van der Waals surface area contributed by atoms with Crippen LogP contribution in [0.25, 0.3) is 0 Å². The van der Waals surface area contributed by atoms with E-state index in [1.54, 1.807) is 26.8 Å². The summed E-state index contributed by atoms with van der Waals surface area (Å²) >= 11 is 1.13. The molecule has 1 aromatic rings. The van der Waals surface area contributed by atoms with Crippen molar-refractivity contribution >= 4 is 29.1 Å². The van der Waals surface area contributed by atoms with Gasteiger partial charge in [0.15, 0.2) is 0 Å². The van der Waals surface area contributed by atoms with E-state index in [1.165, 1.54) is 6.07 Å². The van der Waals surface area contributed by atoms with Crippen LogP contribution in [0.5, 0.6) is 0 Å². The Hall–Kier alpha value is -1.89. The molecule has 0 aliphatic rings. The first-order valence-electron chi connectivity index (χ1n) is 6.57. The number of carbonyl (C=O) groups excluding carboxylic acids is 2. The van der Waals surface area contributed by atoms with E-state index in [2.05, 4.69) is 10.6 Å². The molecule has 6 nitrogen and oxygen atoms in total. The minimum Gasteiger partial charge on any atom is -0.477 e. The molecule has 2 amide bonds. The molecular weight excluding hydrogens is 292 g/mol. The van der Waals surface area contributed by atoms with Crippen LogP contribution >= 0.6 is 11.3 Å². The minimum absolute atomic E-state index is 0.0975. The topological polar surface area (TPSA) is 95.5 Å². The Morgan fingerprint density at radius 1 is 1.19 bits per heavy atom. The lowest BCUT2D eigenvalue weighted by Crippen LogP contribution is -2.37. The molecule has 0 fully saturated rings. The van der Waals surface area contributed by atoms with E-state index in [0.717, 1.165) is 16.2 Å². The Balaban J connectivity index is 2.28. The first kappa shape index (κ1) is 17.2. The fraction of sp³-hybridized carbons (Fsp3) is 0.500. The van der Waals surface area contributed by atoms with E-state index < -0.39 is 11.4 Å². The van der Waals surface area contributed by atoms with Gasteiger partial charge in [0.05, 0.1) is 6.54 Å². The highest BCUT2D eigenvalue weighted by atomic mass is 32.1. The molecule has 3 N–H and O–H groups in total. The summed E-state index contributed by atoms with van der Waals surface area (Å²) in [6, 6.07) is 3.19. The van der Waals surface area contributed by atoms with Gasteiger partial charge in [0.1, 0.15) is 4.88 Å². The van der Waals surface area contributed by atoms with Crippen LogP contribution < -0.4 is 10.6 Å². The van der Waals surface area contributed by atoms with Gasteiger partial charge in [0.25, 0.3) is 0 Å². The van der Waals surface area contributed by atoms with Gasteiger partial charge in [-0.3, -0.25) is 9.59 Å². The van der Waals surface area contributed by atoms with Gasteiger partial charge in [-0.2, -0.15) is 0 Å². The van der Waals surface area contributed by atoms with E-state index in [0.29, 0.717) is 6.54 Å². The molecule has 0 saturated heterocycles. The lowest BCUT2D eigenvalue weighted by Gasteiger charge is -2.17. The van der Waals surface area contributed by atoms with Gasteiger partial charge >= 0.3 is 5.97 Å². The fourth-order valence-corrected chi connectivity index (χ4v) is 2.20. The van der Waals surface area contributed by atoms with Gasteiger partial charge in [0.2, 0.25) is 11.8 Å². The maximum absolute atomic E-state index is 11.6. The summed E-state index contributed by atoms with van der Waals surface area (Å²) in [6.45, 7) is 5.99. The second kappa shape index (κ2) is 7.21. The van der Waals surface area contributed by atoms with Crippen LogP contribution in [0.4, 0.5) is 0 Å². The molecule has 1 aromatic heterocycles. The zero-order valence-corrected chi connectivity index (χ0v) is 13.2. The van der Waals surface area contributed by atoms with Crippen molar-refractivity contribution in [2.24, 2.45) is 5.41 Å². The lowest BCUT2D eigenvalue weighted by atomic mass is 9.96. The number of aromatic carboxylic acids is 1. The van der Waals surface area contributed by atoms with Gasteiger partial charge in [0, 0.05) is 23.3 Å². The van der Waals surface area contributed by atoms with E-state index in [-0.39, 0.29) is 29.7 Å². The molecular formula is C14H20N2O4S. The smallest absolute Gasteiger partial charge is 0.345 e. The van der Waals surface area contributed by atoms with Crippen LogP contribution in [0.3, 0.4) is 0 Å². The highest BCUT2D eigenvalue weighted by molar-refractivity contribution is 7.13. The number of carbonyl (C=O) groups is 3. The molecule has 0 atom stereocenters. The van der Waals surface area contributed by atoms with Gasteiger partial charge in [-0.1, -0.05) is 20.8 Å². The summed E-state index contributed by atoms with van der Waals surface area (Å²) in [4.78, 5) is 35.0. The monoisotopic (exact) mass is 312 g/mol. The number of hydrogen-bond acceptors (Lipinski definition) is 4. The molecule has 7 heteroatoms. The number of rotatable bonds is 6. The predicted molar refractivity (Wildman–Crippen MR) is 80.2 cm³/mol. The normalized spacial score (nSPS) is 11.0. The first-order valence-corrected chi connectivity index (χ1v) is 7.39. The highest BCUT2D eigenvalue weighted by Crippen LogP contribution is 2.16. The number of carboxylic acid groups (broad SMARTS) is 1. The van der Waals surface area contributed by atoms with Crippen molar-refractivity contribution in [1.82, 2.24) is 10.6 Å². The van der Waals surface area contributed by atoms with Crippen molar-refractivity contribution in [1.29, 1.82) is 0 Å². The van der Waals surface area contributed by atoms with Crippen molar-refractivity contribution in [3.8, 4) is 0 Å². The van der Waals surface area contributed by atoms with Gasteiger partial charge in [-0.25, -0.2) is 4.79 Å². The summed E-state index contributed by atoms with van der Waals surface area (Å²) in [5.74, 6) is -1.25. The zero-order chi connectivity index (χ0) is 16.0. The first-order chi connectivity index (χ1) is 9.70. The summed E-state index contributed by atoms with van der Waals surface area (Å²) < 4.78 is 0. The van der Waals surface area contributed by atoms with Crippen LogP contribution in [-0.2, 0) is 16.1 Å². The third-order valence-electron chi connectivity index (χ3n) is 2.65. The van der Waals surface area contributed by atoms with Crippen LogP contribution in [0.1, 0.15) is 41.7 Å². The molecule has 0 spiro atoms. The Bertz CT molecular complexity index is 531. The number of nitrogens with one attached hydrogen (secondary N) is 2. The Kier molecular flexibility index (Phi) is 5.90. The molecule has 0 aromatic carbocycles. The molecule has 0 radical (unpaired) electrons. The Labute approximate surface area is 127 Å². The lowest BCUT2D eigenvalue weighted by molar-refractivity contribution is -0.128. The van der Waals surface area contributed by atoms with Crippen molar-refractivity contribution in [3.05, 3.63) is 21.9 Å².